The summed E-state index contributed by atoms with van der Waals surface area (Å²) in [6, 6.07) is 4.51. The molecule has 0 fully saturated rings. The summed E-state index contributed by atoms with van der Waals surface area (Å²) in [6.07, 6.45) is 0. The Balaban J connectivity index is 2.29. The number of ether oxygens (including phenoxy) is 2. The lowest BCUT2D eigenvalue weighted by Gasteiger charge is -2.10. The van der Waals surface area contributed by atoms with Crippen LogP contribution in [-0.2, 0) is 4.74 Å². The van der Waals surface area contributed by atoms with E-state index in [2.05, 4.69) is 13.8 Å². The molecule has 0 amide bonds. The Kier molecular flexibility index (Phi) is 5.05. The summed E-state index contributed by atoms with van der Waals surface area (Å²) in [5.41, 5.74) is 5.55. The lowest BCUT2D eigenvalue weighted by molar-refractivity contribution is 0.0820. The van der Waals surface area contributed by atoms with Crippen LogP contribution in [0.5, 0.6) is 5.75 Å². The quantitative estimate of drug-likeness (QED) is 0.599. The molecule has 3 nitrogen and oxygen atoms in total. The molecule has 4 heteroatoms. The van der Waals surface area contributed by atoms with Crippen LogP contribution in [-0.4, -0.2) is 19.8 Å². The van der Waals surface area contributed by atoms with Crippen molar-refractivity contribution in [1.29, 1.82) is 0 Å². The molecule has 0 atom stereocenters. The Morgan fingerprint density at radius 3 is 2.75 bits per heavy atom. The Morgan fingerprint density at radius 2 is 2.06 bits per heavy atom. The van der Waals surface area contributed by atoms with E-state index in [0.717, 1.165) is 0 Å². The molecule has 0 aromatic heterocycles. The Morgan fingerprint density at radius 1 is 1.31 bits per heavy atom. The molecular formula is C12H18FNO2. The largest absolute Gasteiger partial charge is 0.489 e. The highest BCUT2D eigenvalue weighted by Gasteiger charge is 2.04. The molecule has 0 radical (unpaired) electrons. The number of rotatable bonds is 6. The molecule has 0 aliphatic rings. The Hall–Kier alpha value is -1.29. The van der Waals surface area contributed by atoms with Gasteiger partial charge in [-0.25, -0.2) is 4.39 Å². The first kappa shape index (κ1) is 12.8. The smallest absolute Gasteiger partial charge is 0.149 e. The van der Waals surface area contributed by atoms with Gasteiger partial charge in [0.2, 0.25) is 0 Å². The summed E-state index contributed by atoms with van der Waals surface area (Å²) in [5, 5.41) is 0. The Labute approximate surface area is 95.4 Å². The topological polar surface area (TPSA) is 44.5 Å². The molecule has 0 aliphatic heterocycles. The molecule has 0 saturated heterocycles. The van der Waals surface area contributed by atoms with E-state index < -0.39 is 5.82 Å². The zero-order valence-corrected chi connectivity index (χ0v) is 9.70. The van der Waals surface area contributed by atoms with Crippen molar-refractivity contribution in [3.8, 4) is 5.75 Å². The first-order valence-corrected chi connectivity index (χ1v) is 5.35. The predicted molar refractivity (Wildman–Crippen MR) is 62.0 cm³/mol. The van der Waals surface area contributed by atoms with E-state index in [0.29, 0.717) is 31.5 Å². The highest BCUT2D eigenvalue weighted by Crippen LogP contribution is 2.23. The lowest BCUT2D eigenvalue weighted by atomic mass is 10.2. The molecule has 16 heavy (non-hydrogen) atoms. The standard InChI is InChI=1S/C12H18FNO2/c1-9(2)8-15-6-7-16-11-5-3-4-10(13)12(11)14/h3-5,9H,6-8,14H2,1-2H3. The summed E-state index contributed by atoms with van der Waals surface area (Å²) in [5.74, 6) is 0.410. The average Bonchev–Trinajstić information content (AvgIpc) is 2.23. The minimum Gasteiger partial charge on any atom is -0.489 e. The molecule has 0 spiro atoms. The minimum absolute atomic E-state index is 0.0476. The van der Waals surface area contributed by atoms with Crippen LogP contribution in [0.4, 0.5) is 10.1 Å². The van der Waals surface area contributed by atoms with E-state index in [9.17, 15) is 4.39 Å². The number of hydrogen-bond acceptors (Lipinski definition) is 3. The summed E-state index contributed by atoms with van der Waals surface area (Å²) in [4.78, 5) is 0. The molecule has 0 bridgehead atoms. The van der Waals surface area contributed by atoms with Gasteiger partial charge in [0.05, 0.1) is 6.61 Å². The summed E-state index contributed by atoms with van der Waals surface area (Å²) < 4.78 is 23.7. The van der Waals surface area contributed by atoms with Crippen LogP contribution in [0, 0.1) is 11.7 Å². The molecular weight excluding hydrogens is 209 g/mol. The fraction of sp³-hybridized carbons (Fsp3) is 0.500. The second-order valence-electron chi connectivity index (χ2n) is 3.97. The van der Waals surface area contributed by atoms with E-state index >= 15 is 0 Å². The van der Waals surface area contributed by atoms with Crippen molar-refractivity contribution in [2.45, 2.75) is 13.8 Å². The fourth-order valence-electron chi connectivity index (χ4n) is 1.17. The zero-order chi connectivity index (χ0) is 12.0. The van der Waals surface area contributed by atoms with Crippen LogP contribution in [0.3, 0.4) is 0 Å². The zero-order valence-electron chi connectivity index (χ0n) is 9.70. The highest BCUT2D eigenvalue weighted by atomic mass is 19.1. The average molecular weight is 227 g/mol. The van der Waals surface area contributed by atoms with Crippen LogP contribution in [0.15, 0.2) is 18.2 Å². The molecule has 1 rings (SSSR count). The van der Waals surface area contributed by atoms with Gasteiger partial charge in [0.1, 0.15) is 23.9 Å². The second-order valence-corrected chi connectivity index (χ2v) is 3.97. The van der Waals surface area contributed by atoms with Crippen LogP contribution in [0.25, 0.3) is 0 Å². The maximum Gasteiger partial charge on any atom is 0.149 e. The van der Waals surface area contributed by atoms with Crippen molar-refractivity contribution in [2.24, 2.45) is 5.92 Å². The van der Waals surface area contributed by atoms with Crippen LogP contribution < -0.4 is 10.5 Å². The van der Waals surface area contributed by atoms with Gasteiger partial charge in [-0.2, -0.15) is 0 Å². The molecule has 2 N–H and O–H groups in total. The first-order valence-electron chi connectivity index (χ1n) is 5.35. The van der Waals surface area contributed by atoms with Gasteiger partial charge in [-0.1, -0.05) is 19.9 Å². The van der Waals surface area contributed by atoms with Gasteiger partial charge in [-0.15, -0.1) is 0 Å². The normalized spacial score (nSPS) is 10.8. The third-order valence-electron chi connectivity index (χ3n) is 1.95. The van der Waals surface area contributed by atoms with Crippen LogP contribution >= 0.6 is 0 Å². The van der Waals surface area contributed by atoms with Crippen molar-refractivity contribution in [2.75, 3.05) is 25.6 Å². The van der Waals surface area contributed by atoms with E-state index in [1.54, 1.807) is 12.1 Å². The number of nitrogen functional groups attached to an aromatic ring is 1. The molecule has 0 aliphatic carbocycles. The van der Waals surface area contributed by atoms with Crippen molar-refractivity contribution < 1.29 is 13.9 Å². The molecule has 0 saturated carbocycles. The van der Waals surface area contributed by atoms with Gasteiger partial charge >= 0.3 is 0 Å². The van der Waals surface area contributed by atoms with Crippen LogP contribution in [0.2, 0.25) is 0 Å². The van der Waals surface area contributed by atoms with Crippen molar-refractivity contribution >= 4 is 5.69 Å². The van der Waals surface area contributed by atoms with Gasteiger partial charge in [0, 0.05) is 6.61 Å². The molecule has 0 unspecified atom stereocenters. The predicted octanol–water partition coefficient (Wildman–Crippen LogP) is 2.46. The number of para-hydroxylation sites is 1. The number of hydrogen-bond donors (Lipinski definition) is 1. The Bertz CT molecular complexity index is 329. The van der Waals surface area contributed by atoms with Crippen molar-refractivity contribution in [1.82, 2.24) is 0 Å². The third kappa shape index (κ3) is 4.06. The van der Waals surface area contributed by atoms with Gasteiger partial charge in [-0.3, -0.25) is 0 Å². The SMILES string of the molecule is CC(C)COCCOc1cccc(F)c1N. The maximum atomic E-state index is 13.0. The molecule has 1 aromatic carbocycles. The number of benzene rings is 1. The van der Waals surface area contributed by atoms with Gasteiger partial charge in [0.15, 0.2) is 0 Å². The summed E-state index contributed by atoms with van der Waals surface area (Å²) >= 11 is 0. The maximum absolute atomic E-state index is 13.0. The van der Waals surface area contributed by atoms with Gasteiger partial charge in [-0.05, 0) is 18.1 Å². The first-order chi connectivity index (χ1) is 7.61. The summed E-state index contributed by atoms with van der Waals surface area (Å²) in [6.45, 7) is 5.70. The molecule has 90 valence electrons. The number of anilines is 1. The monoisotopic (exact) mass is 227 g/mol. The van der Waals surface area contributed by atoms with E-state index in [4.69, 9.17) is 15.2 Å². The van der Waals surface area contributed by atoms with Crippen molar-refractivity contribution in [3.63, 3.8) is 0 Å². The summed E-state index contributed by atoms with van der Waals surface area (Å²) in [7, 11) is 0. The number of nitrogens with two attached hydrogens (primary N) is 1. The van der Waals surface area contributed by atoms with E-state index in [-0.39, 0.29) is 5.69 Å². The van der Waals surface area contributed by atoms with Gasteiger partial charge < -0.3 is 15.2 Å². The third-order valence-corrected chi connectivity index (χ3v) is 1.95. The van der Waals surface area contributed by atoms with Crippen molar-refractivity contribution in [3.05, 3.63) is 24.0 Å². The number of halogens is 1. The van der Waals surface area contributed by atoms with Crippen LogP contribution in [0.1, 0.15) is 13.8 Å². The highest BCUT2D eigenvalue weighted by molar-refractivity contribution is 5.53. The molecule has 0 heterocycles. The van der Waals surface area contributed by atoms with E-state index in [1.165, 1.54) is 6.07 Å². The lowest BCUT2D eigenvalue weighted by Crippen LogP contribution is -2.11. The minimum atomic E-state index is -0.458. The van der Waals surface area contributed by atoms with Gasteiger partial charge in [0.25, 0.3) is 0 Å². The molecule has 1 aromatic rings. The van der Waals surface area contributed by atoms with E-state index in [1.807, 2.05) is 0 Å². The fourth-order valence-corrected chi connectivity index (χ4v) is 1.17. The second kappa shape index (κ2) is 6.33.